The van der Waals surface area contributed by atoms with Crippen molar-refractivity contribution in [3.8, 4) is 12.3 Å². The maximum absolute atomic E-state index is 13.8. The molecule has 13 atom stereocenters. The van der Waals surface area contributed by atoms with Crippen LogP contribution in [0.3, 0.4) is 0 Å². The second kappa shape index (κ2) is 16.8. The molecule has 0 saturated carbocycles. The number of aliphatic hydroxyl groups excluding tert-OH is 2. The lowest BCUT2D eigenvalue weighted by Crippen LogP contribution is -2.55. The zero-order valence-electron chi connectivity index (χ0n) is 28.5. The Morgan fingerprint density at radius 2 is 1.78 bits per heavy atom. The van der Waals surface area contributed by atoms with Crippen LogP contribution in [0.15, 0.2) is 0 Å². The van der Waals surface area contributed by atoms with Gasteiger partial charge in [0.05, 0.1) is 36.6 Å². The largest absolute Gasteiger partial charge is 0.448 e. The number of cyclic esters (lactones) is 1. The number of Topliss-reactive ketones (excluding diaryl/α,β-unsaturated/α-hetero) is 2. The predicted octanol–water partition coefficient (Wildman–Crippen LogP) is 3.54. The number of nitrogens with zero attached hydrogens (tertiary/aromatic N) is 1. The fourth-order valence-electron chi connectivity index (χ4n) is 6.85. The third-order valence-corrected chi connectivity index (χ3v) is 11.5. The summed E-state index contributed by atoms with van der Waals surface area (Å²) in [7, 11) is 1.93. The van der Waals surface area contributed by atoms with Gasteiger partial charge in [0.2, 0.25) is 0 Å². The van der Waals surface area contributed by atoms with Crippen molar-refractivity contribution in [2.45, 2.75) is 133 Å². The third kappa shape index (κ3) is 9.48. The van der Waals surface area contributed by atoms with Gasteiger partial charge in [0.1, 0.15) is 17.3 Å². The fourth-order valence-corrected chi connectivity index (χ4v) is 7.47. The van der Waals surface area contributed by atoms with Gasteiger partial charge in [-0.15, -0.1) is 12.3 Å². The Balaban J connectivity index is 2.50. The lowest BCUT2D eigenvalue weighted by Gasteiger charge is -2.42. The number of aliphatic hydroxyl groups is 3. The number of rotatable bonds is 11. The molecule has 2 heterocycles. The van der Waals surface area contributed by atoms with Crippen LogP contribution in [0.5, 0.6) is 0 Å². The molecule has 2 fully saturated rings. The molecule has 0 aliphatic carbocycles. The summed E-state index contributed by atoms with van der Waals surface area (Å²) in [6, 6.07) is -0.268. The summed E-state index contributed by atoms with van der Waals surface area (Å²) in [6.45, 7) is 14.4. The van der Waals surface area contributed by atoms with Crippen molar-refractivity contribution in [1.82, 2.24) is 4.90 Å². The average molecular weight is 750 g/mol. The van der Waals surface area contributed by atoms with Crippen molar-refractivity contribution in [2.24, 2.45) is 29.6 Å². The second-order valence-corrected chi connectivity index (χ2v) is 15.1. The molecule has 2 rings (SSSR count). The molecule has 0 aromatic carbocycles. The van der Waals surface area contributed by atoms with E-state index in [4.69, 9.17) is 20.6 Å². The summed E-state index contributed by atoms with van der Waals surface area (Å²) in [6.07, 6.45) is 4.85. The number of carbonyl (C=O) groups is 3. The topological polar surface area (TPSA) is 143 Å². The smallest absolute Gasteiger partial charge is 0.317 e. The number of carbonyl (C=O) groups excluding carboxylic acids is 3. The lowest BCUT2D eigenvalue weighted by molar-refractivity contribution is -0.185. The first kappa shape index (κ1) is 40.0. The van der Waals surface area contributed by atoms with E-state index in [1.807, 2.05) is 7.05 Å². The van der Waals surface area contributed by atoms with E-state index in [9.17, 15) is 29.7 Å². The standard InChI is InChI=1S/C34H56INO9/c1-11-13-15-36(10)25(16-19(3)14-12-2)28(39)23(7)44-30-21(5)26(37)22(6)31(41)45-32(35)34(9,42)29(40)20(4)27(38)24-17-33(30,8)43-18-24/h1,19-25,28-30,32,39-40,42H,12-18H2,2-10H3/t19-,20-,21-,22+,23+,24-,25-,28-,29+,30+,32-,33+,34-/m0/s1. The fraction of sp³-hybridized carbons (Fsp3) is 0.853. The molecule has 0 unspecified atom stereocenters. The quantitative estimate of drug-likeness (QED) is 0.0945. The minimum absolute atomic E-state index is 0.0386. The number of ether oxygens (including phenoxy) is 3. The number of alkyl halides is 1. The van der Waals surface area contributed by atoms with Crippen LogP contribution in [-0.4, -0.2) is 104 Å². The van der Waals surface area contributed by atoms with Crippen molar-refractivity contribution < 1.29 is 43.9 Å². The van der Waals surface area contributed by atoms with Crippen molar-refractivity contribution in [3.05, 3.63) is 0 Å². The van der Waals surface area contributed by atoms with Crippen LogP contribution in [0.2, 0.25) is 0 Å². The van der Waals surface area contributed by atoms with Crippen LogP contribution in [-0.2, 0) is 28.6 Å². The molecular formula is C34H56INO9. The highest BCUT2D eigenvalue weighted by Crippen LogP contribution is 2.42. The van der Waals surface area contributed by atoms with Gasteiger partial charge < -0.3 is 29.5 Å². The van der Waals surface area contributed by atoms with Crippen molar-refractivity contribution in [2.75, 3.05) is 20.2 Å². The van der Waals surface area contributed by atoms with Gasteiger partial charge in [-0.1, -0.05) is 40.5 Å². The zero-order chi connectivity index (χ0) is 34.4. The molecule has 2 bridgehead atoms. The van der Waals surface area contributed by atoms with E-state index in [0.29, 0.717) is 18.9 Å². The molecule has 11 heteroatoms. The Morgan fingerprint density at radius 3 is 2.36 bits per heavy atom. The number of fused-ring (bicyclic) bond motifs is 2. The second-order valence-electron chi connectivity index (χ2n) is 13.9. The van der Waals surface area contributed by atoms with E-state index in [1.54, 1.807) is 43.4 Å². The van der Waals surface area contributed by atoms with Gasteiger partial charge in [-0.3, -0.25) is 19.3 Å². The van der Waals surface area contributed by atoms with Crippen molar-refractivity contribution in [1.29, 1.82) is 0 Å². The monoisotopic (exact) mass is 749 g/mol. The summed E-state index contributed by atoms with van der Waals surface area (Å²) in [4.78, 5) is 42.6. The first-order valence-electron chi connectivity index (χ1n) is 16.3. The van der Waals surface area contributed by atoms with Crippen LogP contribution in [0, 0.1) is 41.9 Å². The molecule has 258 valence electrons. The molecule has 0 spiro atoms. The van der Waals surface area contributed by atoms with Gasteiger partial charge in [0.15, 0.2) is 9.89 Å². The maximum Gasteiger partial charge on any atom is 0.317 e. The molecule has 45 heavy (non-hydrogen) atoms. The van der Waals surface area contributed by atoms with E-state index in [1.165, 1.54) is 20.8 Å². The lowest BCUT2D eigenvalue weighted by atomic mass is 9.76. The Hall–Kier alpha value is -1.14. The van der Waals surface area contributed by atoms with Crippen molar-refractivity contribution >= 4 is 40.1 Å². The molecule has 10 nitrogen and oxygen atoms in total. The number of esters is 1. The van der Waals surface area contributed by atoms with Gasteiger partial charge in [-0.25, -0.2) is 0 Å². The molecule has 0 radical (unpaired) electrons. The first-order valence-corrected chi connectivity index (χ1v) is 17.5. The summed E-state index contributed by atoms with van der Waals surface area (Å²) in [5.41, 5.74) is -3.08. The maximum atomic E-state index is 13.8. The van der Waals surface area contributed by atoms with Gasteiger partial charge in [-0.05, 0) is 76.1 Å². The van der Waals surface area contributed by atoms with Gasteiger partial charge in [0.25, 0.3) is 0 Å². The molecule has 2 aliphatic rings. The number of terminal acetylenes is 1. The Bertz CT molecular complexity index is 1060. The number of hydrogen-bond donors (Lipinski definition) is 3. The Labute approximate surface area is 283 Å². The van der Waals surface area contributed by atoms with Gasteiger partial charge in [-0.2, -0.15) is 0 Å². The minimum atomic E-state index is -1.96. The highest BCUT2D eigenvalue weighted by Gasteiger charge is 2.54. The van der Waals surface area contributed by atoms with E-state index in [0.717, 1.165) is 19.3 Å². The zero-order valence-corrected chi connectivity index (χ0v) is 30.7. The summed E-state index contributed by atoms with van der Waals surface area (Å²) < 4.78 is 17.1. The van der Waals surface area contributed by atoms with E-state index >= 15 is 0 Å². The van der Waals surface area contributed by atoms with Crippen LogP contribution in [0.1, 0.15) is 87.5 Å². The summed E-state index contributed by atoms with van der Waals surface area (Å²) >= 11 is 1.70. The predicted molar refractivity (Wildman–Crippen MR) is 179 cm³/mol. The van der Waals surface area contributed by atoms with Crippen LogP contribution >= 0.6 is 22.6 Å². The number of likely N-dealkylation sites (N-methyl/N-ethyl adjacent to an activating group) is 1. The highest BCUT2D eigenvalue weighted by atomic mass is 127. The van der Waals surface area contributed by atoms with Crippen LogP contribution < -0.4 is 0 Å². The van der Waals surface area contributed by atoms with E-state index in [-0.39, 0.29) is 24.9 Å². The van der Waals surface area contributed by atoms with Crippen LogP contribution in [0.25, 0.3) is 0 Å². The van der Waals surface area contributed by atoms with E-state index < -0.39 is 75.2 Å². The van der Waals surface area contributed by atoms with Gasteiger partial charge >= 0.3 is 5.97 Å². The highest BCUT2D eigenvalue weighted by molar-refractivity contribution is 14.1. The number of hydrogen-bond acceptors (Lipinski definition) is 10. The van der Waals surface area contributed by atoms with Crippen molar-refractivity contribution in [3.63, 3.8) is 0 Å². The molecule has 0 amide bonds. The van der Waals surface area contributed by atoms with Crippen LogP contribution in [0.4, 0.5) is 0 Å². The minimum Gasteiger partial charge on any atom is -0.448 e. The normalized spacial score (nSPS) is 37.8. The Kier molecular flexibility index (Phi) is 14.9. The average Bonchev–Trinajstić information content (AvgIpc) is 3.40. The third-order valence-electron chi connectivity index (χ3n) is 9.99. The molecule has 0 aromatic heterocycles. The molecule has 3 N–H and O–H groups in total. The summed E-state index contributed by atoms with van der Waals surface area (Å²) in [5.74, 6) is -2.33. The molecule has 0 aromatic rings. The molecular weight excluding hydrogens is 693 g/mol. The molecule has 2 saturated heterocycles. The SMILES string of the molecule is C#CCCN(C)[C@@H](C[C@@H](C)CCC)[C@@H](O)[C@@H](C)O[C@@H]1[C@@H](C)C(=O)[C@@H](C)C(=O)O[C@H](I)[C@@](C)(O)[C@H](O)[C@@H](C)C(=O)[C@@H]2CO[C@]1(C)C2. The number of ketones is 2. The number of halogens is 1. The van der Waals surface area contributed by atoms with Gasteiger partial charge in [0, 0.05) is 36.8 Å². The first-order chi connectivity index (χ1) is 20.8. The van der Waals surface area contributed by atoms with E-state index in [2.05, 4.69) is 24.7 Å². The Morgan fingerprint density at radius 1 is 1.16 bits per heavy atom. The summed E-state index contributed by atoms with van der Waals surface area (Å²) in [5, 5.41) is 33.9. The molecule has 2 aliphatic heterocycles.